The lowest BCUT2D eigenvalue weighted by atomic mass is 9.56. The molecule has 7 N–H and O–H groups in total. The van der Waals surface area contributed by atoms with Crippen molar-refractivity contribution >= 4 is 44.1 Å². The maximum absolute atomic E-state index is 12.5. The van der Waals surface area contributed by atoms with Gasteiger partial charge in [0.15, 0.2) is 5.78 Å². The molecule has 13 nitrogen and oxygen atoms in total. The number of benzene rings is 2. The largest absolute Gasteiger partial charge is 0.507 e. The van der Waals surface area contributed by atoms with Crippen LogP contribution in [0.1, 0.15) is 78.1 Å². The standard InChI is InChI=1S/C36H48O13S2/c1-18-26(19(2)39)30(41)27-23(29(18)40)11-22(33(44)45)12-24(27)48-34-31(42)32(43)36(25(13-38)49-34)9-7-20-5-3-6-21-14-46-15-35(28(20)21,8-4-10-37)16-50-51-17-47-36/h11-12,20-21,25,28,31-32,34,37-38,40-43H,3-10,13-17H2,1-2H3,(H,44,45)/t20-,21-,25-,28+,31-,32-,34+,35-,36+/m1/s1. The number of aliphatic hydroxyl groups excluding tert-OH is 4. The van der Waals surface area contributed by atoms with Gasteiger partial charge < -0.3 is 54.7 Å². The Morgan fingerprint density at radius 1 is 1.06 bits per heavy atom. The lowest BCUT2D eigenvalue weighted by molar-refractivity contribution is -0.323. The van der Waals surface area contributed by atoms with Crippen molar-refractivity contribution in [2.45, 2.75) is 89.0 Å². The summed E-state index contributed by atoms with van der Waals surface area (Å²) in [5.74, 6) is -1.40. The Morgan fingerprint density at radius 3 is 2.53 bits per heavy atom. The van der Waals surface area contributed by atoms with Crippen LogP contribution in [0.3, 0.4) is 0 Å². The molecule has 1 aliphatic carbocycles. The van der Waals surface area contributed by atoms with Gasteiger partial charge in [0.05, 0.1) is 29.7 Å². The van der Waals surface area contributed by atoms with E-state index in [1.54, 1.807) is 10.8 Å². The normalized spacial score (nSPS) is 34.4. The van der Waals surface area contributed by atoms with Gasteiger partial charge in [0, 0.05) is 35.3 Å². The number of phenols is 2. The van der Waals surface area contributed by atoms with E-state index in [1.165, 1.54) is 24.6 Å². The van der Waals surface area contributed by atoms with Crippen molar-refractivity contribution in [3.05, 3.63) is 28.8 Å². The van der Waals surface area contributed by atoms with Crippen molar-refractivity contribution in [2.75, 3.05) is 38.1 Å². The summed E-state index contributed by atoms with van der Waals surface area (Å²) in [6, 6.07) is 2.20. The second kappa shape index (κ2) is 15.6. The minimum absolute atomic E-state index is 0.0447. The molecule has 0 radical (unpaired) electrons. The first-order valence-electron chi connectivity index (χ1n) is 17.5. The molecule has 1 saturated carbocycles. The molecule has 3 aliphatic heterocycles. The Labute approximate surface area is 304 Å². The van der Waals surface area contributed by atoms with E-state index < -0.39 is 60.1 Å². The highest BCUT2D eigenvalue weighted by atomic mass is 33.1. The summed E-state index contributed by atoms with van der Waals surface area (Å²) in [4.78, 5) is 24.6. The van der Waals surface area contributed by atoms with E-state index >= 15 is 0 Å². The van der Waals surface area contributed by atoms with Crippen molar-refractivity contribution in [2.24, 2.45) is 23.2 Å². The molecule has 6 rings (SSSR count). The maximum Gasteiger partial charge on any atom is 0.335 e. The molecule has 1 spiro atoms. The molecule has 51 heavy (non-hydrogen) atoms. The van der Waals surface area contributed by atoms with E-state index in [1.807, 2.05) is 0 Å². The second-order valence-corrected chi connectivity index (χ2v) is 16.9. The lowest BCUT2D eigenvalue weighted by Crippen LogP contribution is -2.69. The number of hydrogen-bond acceptors (Lipinski definition) is 14. The maximum atomic E-state index is 12.5. The van der Waals surface area contributed by atoms with Gasteiger partial charge in [-0.15, -0.1) is 0 Å². The predicted molar refractivity (Wildman–Crippen MR) is 189 cm³/mol. The molecule has 2 aromatic carbocycles. The number of carbonyl (C=O) groups is 2. The van der Waals surface area contributed by atoms with Gasteiger partial charge in [0.2, 0.25) is 6.29 Å². The van der Waals surface area contributed by atoms with Gasteiger partial charge in [-0.05, 0) is 75.8 Å². The van der Waals surface area contributed by atoms with Gasteiger partial charge in [0.1, 0.15) is 47.1 Å². The Bertz CT molecular complexity index is 1620. The molecule has 0 unspecified atom stereocenters. The van der Waals surface area contributed by atoms with E-state index in [2.05, 4.69) is 0 Å². The average molecular weight is 753 g/mol. The third-order valence-corrected chi connectivity index (χ3v) is 13.9. The molecule has 0 aromatic heterocycles. The summed E-state index contributed by atoms with van der Waals surface area (Å²) in [7, 11) is 3.11. The van der Waals surface area contributed by atoms with E-state index in [0.29, 0.717) is 37.9 Å². The van der Waals surface area contributed by atoms with Crippen molar-refractivity contribution < 1.29 is 64.3 Å². The van der Waals surface area contributed by atoms with Gasteiger partial charge in [-0.2, -0.15) is 0 Å². The highest BCUT2D eigenvalue weighted by molar-refractivity contribution is 8.76. The minimum atomic E-state index is -1.77. The zero-order valence-corrected chi connectivity index (χ0v) is 30.4. The number of carbonyl (C=O) groups excluding carboxylic acids is 1. The van der Waals surface area contributed by atoms with Crippen LogP contribution in [0.25, 0.3) is 10.8 Å². The molecule has 2 aromatic rings. The van der Waals surface area contributed by atoms with E-state index in [4.69, 9.17) is 18.9 Å². The van der Waals surface area contributed by atoms with Crippen LogP contribution < -0.4 is 4.74 Å². The van der Waals surface area contributed by atoms with Crippen LogP contribution in [0.4, 0.5) is 0 Å². The Kier molecular flexibility index (Phi) is 11.7. The molecule has 9 atom stereocenters. The molecule has 4 fully saturated rings. The lowest BCUT2D eigenvalue weighted by Gasteiger charge is -2.54. The quantitative estimate of drug-likeness (QED) is 0.115. The van der Waals surface area contributed by atoms with Crippen molar-refractivity contribution in [3.8, 4) is 17.2 Å². The number of phenolic OH excluding ortho intramolecular Hbond substituents is 2. The zero-order chi connectivity index (χ0) is 36.7. The average Bonchev–Trinajstić information content (AvgIpc) is 3.14. The fourth-order valence-corrected chi connectivity index (χ4v) is 11.7. The molecular weight excluding hydrogens is 705 g/mol. The van der Waals surface area contributed by atoms with Crippen LogP contribution in [0.2, 0.25) is 0 Å². The number of ketones is 1. The van der Waals surface area contributed by atoms with Crippen molar-refractivity contribution in [3.63, 3.8) is 0 Å². The fourth-order valence-electron chi connectivity index (χ4n) is 9.31. The molecular formula is C36H48O13S2. The van der Waals surface area contributed by atoms with Gasteiger partial charge >= 0.3 is 5.97 Å². The van der Waals surface area contributed by atoms with Gasteiger partial charge in [0.25, 0.3) is 0 Å². The minimum Gasteiger partial charge on any atom is -0.507 e. The van der Waals surface area contributed by atoms with Crippen LogP contribution in [0.5, 0.6) is 17.2 Å². The van der Waals surface area contributed by atoms with Gasteiger partial charge in [-0.3, -0.25) is 4.79 Å². The second-order valence-electron chi connectivity index (χ2n) is 14.5. The zero-order valence-electron chi connectivity index (χ0n) is 28.8. The first-order valence-corrected chi connectivity index (χ1v) is 20.0. The molecule has 4 aliphatic rings. The molecule has 3 saturated heterocycles. The molecule has 3 heterocycles. The summed E-state index contributed by atoms with van der Waals surface area (Å²) in [6.45, 7) is 3.41. The summed E-state index contributed by atoms with van der Waals surface area (Å²) >= 11 is 0. The molecule has 0 bridgehead atoms. The fraction of sp³-hybridized carbons (Fsp3) is 0.667. The molecule has 0 amide bonds. The topological polar surface area (TPSA) is 213 Å². The van der Waals surface area contributed by atoms with Crippen molar-refractivity contribution in [1.82, 2.24) is 0 Å². The van der Waals surface area contributed by atoms with Crippen LogP contribution in [0.15, 0.2) is 12.1 Å². The number of hydrogen-bond donors (Lipinski definition) is 7. The molecule has 15 heteroatoms. The number of carboxylic acids is 1. The molecule has 282 valence electrons. The third kappa shape index (κ3) is 6.94. The highest BCUT2D eigenvalue weighted by Crippen LogP contribution is 2.56. The number of ether oxygens (including phenoxy) is 4. The van der Waals surface area contributed by atoms with Crippen LogP contribution in [-0.4, -0.2) is 116 Å². The summed E-state index contributed by atoms with van der Waals surface area (Å²) in [5.41, 5.74) is -2.14. The van der Waals surface area contributed by atoms with Crippen LogP contribution in [0, 0.1) is 30.1 Å². The van der Waals surface area contributed by atoms with Gasteiger partial charge in [-0.1, -0.05) is 34.4 Å². The van der Waals surface area contributed by atoms with E-state index in [9.17, 15) is 45.3 Å². The van der Waals surface area contributed by atoms with E-state index in [0.717, 1.165) is 43.6 Å². The number of aromatic carboxylic acids is 1. The SMILES string of the molecule is CC(=O)c1c(C)c(O)c2cc(C(=O)O)cc(O[C@H]3O[C@H](CO)[C@@]4(CC[C@H]5CCC[C@@H]6COC[C@](CCCO)(CSSCO4)[C@@H]56)[C@H](O)[C@H]3O)c2c1O. The van der Waals surface area contributed by atoms with E-state index in [-0.39, 0.29) is 63.5 Å². The summed E-state index contributed by atoms with van der Waals surface area (Å²) in [6.07, 6.45) is -0.813. The van der Waals surface area contributed by atoms with Crippen LogP contribution in [-0.2, 0) is 14.2 Å². The first kappa shape index (κ1) is 38.4. The number of rotatable bonds is 8. The summed E-state index contributed by atoms with van der Waals surface area (Å²) < 4.78 is 24.9. The monoisotopic (exact) mass is 752 g/mol. The Hall–Kier alpha value is -2.34. The Morgan fingerprint density at radius 2 is 1.82 bits per heavy atom. The first-order chi connectivity index (χ1) is 24.4. The number of aromatic hydroxyl groups is 2. The smallest absolute Gasteiger partial charge is 0.335 e. The number of carboxylic acid groups (broad SMARTS) is 1. The van der Waals surface area contributed by atoms with Crippen molar-refractivity contribution in [1.29, 1.82) is 0 Å². The van der Waals surface area contributed by atoms with Gasteiger partial charge in [-0.25, -0.2) is 4.79 Å². The Balaban J connectivity index is 1.34. The number of aliphatic hydroxyl groups is 4. The number of Topliss-reactive ketones (excluding diaryl/α,β-unsaturated/α-hetero) is 1. The third-order valence-electron chi connectivity index (χ3n) is 11.7. The highest BCUT2D eigenvalue weighted by Gasteiger charge is 2.59. The number of fused-ring (bicyclic) bond motifs is 1. The van der Waals surface area contributed by atoms with Crippen LogP contribution >= 0.6 is 21.6 Å². The predicted octanol–water partition coefficient (Wildman–Crippen LogP) is 3.99. The summed E-state index contributed by atoms with van der Waals surface area (Å²) in [5, 5.41) is 75.9.